The SMILES string of the molecule is CNC(C)c1ccccc1Oc1ccccc1C(C)C. The molecule has 0 heterocycles. The molecule has 0 saturated carbocycles. The Morgan fingerprint density at radius 1 is 0.800 bits per heavy atom. The van der Waals surface area contributed by atoms with Crippen molar-refractivity contribution in [3.05, 3.63) is 59.7 Å². The maximum atomic E-state index is 6.18. The lowest BCUT2D eigenvalue weighted by Crippen LogP contribution is -2.13. The highest BCUT2D eigenvalue weighted by atomic mass is 16.5. The average Bonchev–Trinajstić information content (AvgIpc) is 2.47. The van der Waals surface area contributed by atoms with Crippen molar-refractivity contribution < 1.29 is 4.74 Å². The minimum atomic E-state index is 0.261. The summed E-state index contributed by atoms with van der Waals surface area (Å²) in [7, 11) is 1.96. The minimum Gasteiger partial charge on any atom is -0.457 e. The van der Waals surface area contributed by atoms with Crippen LogP contribution < -0.4 is 10.1 Å². The van der Waals surface area contributed by atoms with Crippen LogP contribution in [0.15, 0.2) is 48.5 Å². The first-order valence-corrected chi connectivity index (χ1v) is 7.16. The molecule has 0 amide bonds. The lowest BCUT2D eigenvalue weighted by atomic mass is 10.0. The summed E-state index contributed by atoms with van der Waals surface area (Å²) in [6, 6.07) is 16.7. The fourth-order valence-electron chi connectivity index (χ4n) is 2.26. The van der Waals surface area contributed by atoms with Gasteiger partial charge < -0.3 is 10.1 Å². The zero-order valence-electron chi connectivity index (χ0n) is 12.7. The van der Waals surface area contributed by atoms with E-state index in [0.717, 1.165) is 11.5 Å². The first-order chi connectivity index (χ1) is 9.63. The van der Waals surface area contributed by atoms with Crippen LogP contribution in [0.5, 0.6) is 11.5 Å². The number of hydrogen-bond donors (Lipinski definition) is 1. The molecule has 1 atom stereocenters. The second-order valence-electron chi connectivity index (χ2n) is 5.34. The molecule has 0 aliphatic rings. The molecule has 0 bridgehead atoms. The first kappa shape index (κ1) is 14.6. The predicted molar refractivity (Wildman–Crippen MR) is 84.5 cm³/mol. The number of nitrogens with one attached hydrogen (secondary N) is 1. The van der Waals surface area contributed by atoms with Crippen LogP contribution in [0.25, 0.3) is 0 Å². The normalized spacial score (nSPS) is 12.4. The van der Waals surface area contributed by atoms with E-state index in [0.29, 0.717) is 5.92 Å². The molecule has 2 aromatic carbocycles. The summed E-state index contributed by atoms with van der Waals surface area (Å²) in [4.78, 5) is 0. The Labute approximate surface area is 121 Å². The van der Waals surface area contributed by atoms with Crippen LogP contribution in [-0.2, 0) is 0 Å². The molecule has 2 heteroatoms. The molecule has 2 rings (SSSR count). The van der Waals surface area contributed by atoms with Gasteiger partial charge in [0.1, 0.15) is 11.5 Å². The topological polar surface area (TPSA) is 21.3 Å². The summed E-state index contributed by atoms with van der Waals surface area (Å²) in [5.74, 6) is 2.31. The Kier molecular flexibility index (Phi) is 4.80. The van der Waals surface area contributed by atoms with Gasteiger partial charge >= 0.3 is 0 Å². The average molecular weight is 269 g/mol. The van der Waals surface area contributed by atoms with E-state index in [1.165, 1.54) is 11.1 Å². The third-order valence-electron chi connectivity index (χ3n) is 3.58. The summed E-state index contributed by atoms with van der Waals surface area (Å²) in [6.07, 6.45) is 0. The van der Waals surface area contributed by atoms with Crippen LogP contribution in [0, 0.1) is 0 Å². The Hall–Kier alpha value is -1.80. The zero-order chi connectivity index (χ0) is 14.5. The monoisotopic (exact) mass is 269 g/mol. The van der Waals surface area contributed by atoms with E-state index < -0.39 is 0 Å². The van der Waals surface area contributed by atoms with Gasteiger partial charge in [0.15, 0.2) is 0 Å². The molecule has 0 fully saturated rings. The third-order valence-corrected chi connectivity index (χ3v) is 3.58. The molecule has 0 aliphatic carbocycles. The molecule has 0 spiro atoms. The van der Waals surface area contributed by atoms with E-state index in [2.05, 4.69) is 44.3 Å². The first-order valence-electron chi connectivity index (χ1n) is 7.16. The molecule has 0 saturated heterocycles. The van der Waals surface area contributed by atoms with Gasteiger partial charge in [0.05, 0.1) is 0 Å². The van der Waals surface area contributed by atoms with Gasteiger partial charge in [-0.15, -0.1) is 0 Å². The van der Waals surface area contributed by atoms with Crippen LogP contribution in [0.2, 0.25) is 0 Å². The largest absolute Gasteiger partial charge is 0.457 e. The van der Waals surface area contributed by atoms with Gasteiger partial charge in [0.2, 0.25) is 0 Å². The quantitative estimate of drug-likeness (QED) is 0.835. The molecule has 20 heavy (non-hydrogen) atoms. The molecule has 2 nitrogen and oxygen atoms in total. The van der Waals surface area contributed by atoms with E-state index in [-0.39, 0.29) is 6.04 Å². The maximum absolute atomic E-state index is 6.18. The fraction of sp³-hybridized carbons (Fsp3) is 0.333. The number of rotatable bonds is 5. The maximum Gasteiger partial charge on any atom is 0.132 e. The number of hydrogen-bond acceptors (Lipinski definition) is 2. The van der Waals surface area contributed by atoms with Gasteiger partial charge in [0, 0.05) is 11.6 Å². The Bertz CT molecular complexity index is 563. The highest BCUT2D eigenvalue weighted by Gasteiger charge is 2.12. The van der Waals surface area contributed by atoms with Gasteiger partial charge in [-0.2, -0.15) is 0 Å². The van der Waals surface area contributed by atoms with Crippen molar-refractivity contribution in [3.63, 3.8) is 0 Å². The lowest BCUT2D eigenvalue weighted by Gasteiger charge is -2.18. The van der Waals surface area contributed by atoms with Crippen LogP contribution in [0.3, 0.4) is 0 Å². The van der Waals surface area contributed by atoms with Crippen LogP contribution >= 0.6 is 0 Å². The number of benzene rings is 2. The molecular weight excluding hydrogens is 246 g/mol. The second kappa shape index (κ2) is 6.58. The van der Waals surface area contributed by atoms with Crippen LogP contribution in [0.1, 0.15) is 43.9 Å². The second-order valence-corrected chi connectivity index (χ2v) is 5.34. The summed E-state index contributed by atoms with van der Waals surface area (Å²) >= 11 is 0. The number of para-hydroxylation sites is 2. The van der Waals surface area contributed by atoms with E-state index >= 15 is 0 Å². The van der Waals surface area contributed by atoms with Crippen LogP contribution in [0.4, 0.5) is 0 Å². The smallest absolute Gasteiger partial charge is 0.132 e. The summed E-state index contributed by atoms with van der Waals surface area (Å²) in [5, 5.41) is 3.26. The van der Waals surface area contributed by atoms with Gasteiger partial charge in [-0.25, -0.2) is 0 Å². The van der Waals surface area contributed by atoms with Gasteiger partial charge in [-0.3, -0.25) is 0 Å². The van der Waals surface area contributed by atoms with Crippen molar-refractivity contribution in [1.82, 2.24) is 5.32 Å². The molecule has 106 valence electrons. The van der Waals surface area contributed by atoms with Gasteiger partial charge in [0.25, 0.3) is 0 Å². The highest BCUT2D eigenvalue weighted by Crippen LogP contribution is 2.33. The molecule has 1 unspecified atom stereocenters. The van der Waals surface area contributed by atoms with Crippen molar-refractivity contribution in [2.24, 2.45) is 0 Å². The molecule has 1 N–H and O–H groups in total. The Morgan fingerprint density at radius 2 is 1.30 bits per heavy atom. The van der Waals surface area contributed by atoms with Crippen molar-refractivity contribution in [2.75, 3.05) is 7.05 Å². The van der Waals surface area contributed by atoms with Crippen molar-refractivity contribution in [1.29, 1.82) is 0 Å². The Morgan fingerprint density at radius 3 is 1.85 bits per heavy atom. The van der Waals surface area contributed by atoms with E-state index in [9.17, 15) is 0 Å². The van der Waals surface area contributed by atoms with Gasteiger partial charge in [-0.05, 0) is 37.6 Å². The van der Waals surface area contributed by atoms with Crippen molar-refractivity contribution in [2.45, 2.75) is 32.7 Å². The number of ether oxygens (including phenoxy) is 1. The van der Waals surface area contributed by atoms with E-state index in [1.807, 2.05) is 37.4 Å². The standard InChI is InChI=1S/C18H23NO/c1-13(2)15-9-5-7-11-17(15)20-18-12-8-6-10-16(18)14(3)19-4/h5-14,19H,1-4H3. The van der Waals surface area contributed by atoms with E-state index in [4.69, 9.17) is 4.74 Å². The molecule has 0 aliphatic heterocycles. The molecule has 0 aromatic heterocycles. The van der Waals surface area contributed by atoms with E-state index in [1.54, 1.807) is 0 Å². The fourth-order valence-corrected chi connectivity index (χ4v) is 2.26. The van der Waals surface area contributed by atoms with Crippen molar-refractivity contribution in [3.8, 4) is 11.5 Å². The molecular formula is C18H23NO. The minimum absolute atomic E-state index is 0.261. The molecule has 0 radical (unpaired) electrons. The lowest BCUT2D eigenvalue weighted by molar-refractivity contribution is 0.458. The summed E-state index contributed by atoms with van der Waals surface area (Å²) in [5.41, 5.74) is 2.41. The van der Waals surface area contributed by atoms with Gasteiger partial charge in [-0.1, -0.05) is 50.2 Å². The molecule has 2 aromatic rings. The zero-order valence-corrected chi connectivity index (χ0v) is 12.7. The highest BCUT2D eigenvalue weighted by molar-refractivity contribution is 5.43. The van der Waals surface area contributed by atoms with Crippen molar-refractivity contribution >= 4 is 0 Å². The summed E-state index contributed by atoms with van der Waals surface area (Å²) < 4.78 is 6.18. The predicted octanol–water partition coefficient (Wildman–Crippen LogP) is 4.88. The van der Waals surface area contributed by atoms with Crippen LogP contribution in [-0.4, -0.2) is 7.05 Å². The Balaban J connectivity index is 2.36. The summed E-state index contributed by atoms with van der Waals surface area (Å²) in [6.45, 7) is 6.51. The third kappa shape index (κ3) is 3.20.